The maximum absolute atomic E-state index is 10.4. The monoisotopic (exact) mass is 416 g/mol. The molecule has 0 fully saturated rings. The van der Waals surface area contributed by atoms with Gasteiger partial charge in [-0.15, -0.1) is 0 Å². The number of aliphatic hydroxyl groups is 1. The molecule has 1 atom stereocenters. The molecule has 0 saturated heterocycles. The molecule has 0 bridgehead atoms. The summed E-state index contributed by atoms with van der Waals surface area (Å²) in [6.07, 6.45) is 20.0. The van der Waals surface area contributed by atoms with Gasteiger partial charge in [0.25, 0.3) is 0 Å². The van der Waals surface area contributed by atoms with E-state index >= 15 is 0 Å². The molecule has 0 saturated carbocycles. The van der Waals surface area contributed by atoms with Crippen LogP contribution in [-0.2, 0) is 14.3 Å². The van der Waals surface area contributed by atoms with Crippen molar-refractivity contribution in [1.29, 1.82) is 0 Å². The standard InChI is InChI=1S/C24H48O5/c1-2-3-4-5-6-7-8-9-10-11-12-13-14-16-19-28-22-23(21-25)29-20-17-15-18-24(26)27/h23,25H,2-22H2,1H3,(H,26,27)/t23-/m1/s1. The Kier molecular flexibility index (Phi) is 23.1. The van der Waals surface area contributed by atoms with Crippen molar-refractivity contribution >= 4 is 5.97 Å². The van der Waals surface area contributed by atoms with Crippen molar-refractivity contribution in [3.63, 3.8) is 0 Å². The lowest BCUT2D eigenvalue weighted by molar-refractivity contribution is -0.137. The Hall–Kier alpha value is -0.650. The van der Waals surface area contributed by atoms with Gasteiger partial charge in [-0.3, -0.25) is 4.79 Å². The molecule has 0 spiro atoms. The van der Waals surface area contributed by atoms with Crippen molar-refractivity contribution in [3.05, 3.63) is 0 Å². The van der Waals surface area contributed by atoms with E-state index in [0.29, 0.717) is 26.1 Å². The molecule has 5 nitrogen and oxygen atoms in total. The molecule has 5 heteroatoms. The van der Waals surface area contributed by atoms with E-state index in [1.54, 1.807) is 0 Å². The summed E-state index contributed by atoms with van der Waals surface area (Å²) in [6.45, 7) is 3.81. The van der Waals surface area contributed by atoms with Gasteiger partial charge in [-0.2, -0.15) is 0 Å². The number of hydrogen-bond donors (Lipinski definition) is 2. The fourth-order valence-corrected chi connectivity index (χ4v) is 3.40. The number of hydrogen-bond acceptors (Lipinski definition) is 4. The van der Waals surface area contributed by atoms with Crippen LogP contribution in [-0.4, -0.2) is 48.7 Å². The second-order valence-electron chi connectivity index (χ2n) is 8.20. The molecular formula is C24H48O5. The third kappa shape index (κ3) is 23.5. The van der Waals surface area contributed by atoms with Gasteiger partial charge < -0.3 is 19.7 Å². The molecule has 0 rings (SSSR count). The molecule has 0 aliphatic rings. The quantitative estimate of drug-likeness (QED) is 0.185. The summed E-state index contributed by atoms with van der Waals surface area (Å²) < 4.78 is 11.1. The largest absolute Gasteiger partial charge is 0.481 e. The Morgan fingerprint density at radius 3 is 1.69 bits per heavy atom. The summed E-state index contributed by atoms with van der Waals surface area (Å²) in [7, 11) is 0. The molecule has 0 aromatic heterocycles. The molecule has 0 aromatic carbocycles. The highest BCUT2D eigenvalue weighted by Crippen LogP contribution is 2.13. The summed E-state index contributed by atoms with van der Waals surface area (Å²) in [4.78, 5) is 10.4. The Balaban J connectivity index is 3.24. The van der Waals surface area contributed by atoms with Crippen molar-refractivity contribution in [2.75, 3.05) is 26.4 Å². The highest BCUT2D eigenvalue weighted by atomic mass is 16.5. The molecule has 0 amide bonds. The van der Waals surface area contributed by atoms with Gasteiger partial charge in [-0.1, -0.05) is 90.4 Å². The molecule has 0 heterocycles. The number of carboxylic acids is 1. The third-order valence-corrected chi connectivity index (χ3v) is 5.29. The lowest BCUT2D eigenvalue weighted by atomic mass is 10.0. The lowest BCUT2D eigenvalue weighted by Gasteiger charge is -2.15. The first-order valence-electron chi connectivity index (χ1n) is 12.2. The minimum atomic E-state index is -0.778. The van der Waals surface area contributed by atoms with E-state index in [9.17, 15) is 9.90 Å². The van der Waals surface area contributed by atoms with E-state index in [1.165, 1.54) is 83.5 Å². The van der Waals surface area contributed by atoms with Gasteiger partial charge in [0.2, 0.25) is 0 Å². The molecule has 0 aliphatic carbocycles. The second-order valence-corrected chi connectivity index (χ2v) is 8.20. The SMILES string of the molecule is CCCCCCCCCCCCCCCCOC[C@@H](CO)OCCCCC(=O)O. The first-order chi connectivity index (χ1) is 14.2. The lowest BCUT2D eigenvalue weighted by Crippen LogP contribution is -2.24. The molecule has 0 radical (unpaired) electrons. The van der Waals surface area contributed by atoms with E-state index in [4.69, 9.17) is 14.6 Å². The fraction of sp³-hybridized carbons (Fsp3) is 0.958. The van der Waals surface area contributed by atoms with Gasteiger partial charge in [0.15, 0.2) is 0 Å². The van der Waals surface area contributed by atoms with Crippen molar-refractivity contribution in [3.8, 4) is 0 Å². The predicted octanol–water partition coefficient (Wildman–Crippen LogP) is 6.12. The van der Waals surface area contributed by atoms with Crippen LogP contribution in [0.15, 0.2) is 0 Å². The van der Waals surface area contributed by atoms with Crippen LogP contribution in [0.2, 0.25) is 0 Å². The van der Waals surface area contributed by atoms with Gasteiger partial charge in [0.05, 0.1) is 13.2 Å². The Morgan fingerprint density at radius 1 is 0.724 bits per heavy atom. The van der Waals surface area contributed by atoms with Gasteiger partial charge in [-0.05, 0) is 19.3 Å². The molecule has 0 aliphatic heterocycles. The third-order valence-electron chi connectivity index (χ3n) is 5.29. The zero-order valence-electron chi connectivity index (χ0n) is 19.0. The summed E-state index contributed by atoms with van der Waals surface area (Å²) in [6, 6.07) is 0. The number of unbranched alkanes of at least 4 members (excludes halogenated alkanes) is 14. The Labute approximate surface area is 179 Å². The molecule has 2 N–H and O–H groups in total. The number of carbonyl (C=O) groups is 1. The van der Waals surface area contributed by atoms with E-state index < -0.39 is 5.97 Å². The van der Waals surface area contributed by atoms with Crippen molar-refractivity contribution < 1.29 is 24.5 Å². The average molecular weight is 417 g/mol. The first kappa shape index (κ1) is 28.4. The maximum Gasteiger partial charge on any atom is 0.303 e. The molecule has 29 heavy (non-hydrogen) atoms. The van der Waals surface area contributed by atoms with Crippen LogP contribution >= 0.6 is 0 Å². The van der Waals surface area contributed by atoms with Gasteiger partial charge in [0, 0.05) is 19.6 Å². The Bertz CT molecular complexity index is 335. The number of aliphatic hydroxyl groups excluding tert-OH is 1. The fourth-order valence-electron chi connectivity index (χ4n) is 3.40. The van der Waals surface area contributed by atoms with E-state index in [0.717, 1.165) is 13.0 Å². The van der Waals surface area contributed by atoms with Crippen LogP contribution in [0.25, 0.3) is 0 Å². The normalized spacial score (nSPS) is 12.3. The van der Waals surface area contributed by atoms with E-state index in [-0.39, 0.29) is 19.1 Å². The van der Waals surface area contributed by atoms with Crippen molar-refractivity contribution in [1.82, 2.24) is 0 Å². The number of rotatable bonds is 24. The number of aliphatic carboxylic acids is 1. The van der Waals surface area contributed by atoms with Crippen LogP contribution in [0, 0.1) is 0 Å². The topological polar surface area (TPSA) is 76.0 Å². The molecule has 174 valence electrons. The highest BCUT2D eigenvalue weighted by Gasteiger charge is 2.08. The summed E-state index contributed by atoms with van der Waals surface area (Å²) >= 11 is 0. The minimum absolute atomic E-state index is 0.0579. The number of carboxylic acid groups (broad SMARTS) is 1. The average Bonchev–Trinajstić information content (AvgIpc) is 2.71. The zero-order valence-corrected chi connectivity index (χ0v) is 19.0. The molecule has 0 unspecified atom stereocenters. The second kappa shape index (κ2) is 23.6. The van der Waals surface area contributed by atoms with Crippen molar-refractivity contribution in [2.45, 2.75) is 122 Å². The van der Waals surface area contributed by atoms with Gasteiger partial charge in [-0.25, -0.2) is 0 Å². The van der Waals surface area contributed by atoms with Gasteiger partial charge >= 0.3 is 5.97 Å². The van der Waals surface area contributed by atoms with E-state index in [1.807, 2.05) is 0 Å². The van der Waals surface area contributed by atoms with Crippen LogP contribution < -0.4 is 0 Å². The minimum Gasteiger partial charge on any atom is -0.481 e. The van der Waals surface area contributed by atoms with Crippen LogP contribution in [0.3, 0.4) is 0 Å². The summed E-state index contributed by atoms with van der Waals surface area (Å²) in [5.41, 5.74) is 0. The number of ether oxygens (including phenoxy) is 2. The Morgan fingerprint density at radius 2 is 1.21 bits per heavy atom. The smallest absolute Gasteiger partial charge is 0.303 e. The van der Waals surface area contributed by atoms with Crippen LogP contribution in [0.5, 0.6) is 0 Å². The summed E-state index contributed by atoms with van der Waals surface area (Å²) in [5, 5.41) is 17.9. The predicted molar refractivity (Wildman–Crippen MR) is 119 cm³/mol. The zero-order chi connectivity index (χ0) is 21.4. The maximum atomic E-state index is 10.4. The van der Waals surface area contributed by atoms with Crippen molar-refractivity contribution in [2.24, 2.45) is 0 Å². The van der Waals surface area contributed by atoms with E-state index in [2.05, 4.69) is 6.92 Å². The molecule has 0 aromatic rings. The first-order valence-corrected chi connectivity index (χ1v) is 12.2. The van der Waals surface area contributed by atoms with Crippen LogP contribution in [0.4, 0.5) is 0 Å². The van der Waals surface area contributed by atoms with Crippen LogP contribution in [0.1, 0.15) is 116 Å². The molecular weight excluding hydrogens is 368 g/mol. The highest BCUT2D eigenvalue weighted by molar-refractivity contribution is 5.66. The summed E-state index contributed by atoms with van der Waals surface area (Å²) in [5.74, 6) is -0.778. The van der Waals surface area contributed by atoms with Gasteiger partial charge in [0.1, 0.15) is 6.10 Å².